The third kappa shape index (κ3) is 4.78. The maximum atomic E-state index is 12.9. The number of para-hydroxylation sites is 1. The van der Waals surface area contributed by atoms with Gasteiger partial charge in [-0.05, 0) is 36.4 Å². The number of sulfonamides is 1. The van der Waals surface area contributed by atoms with Gasteiger partial charge in [0.2, 0.25) is 10.0 Å². The van der Waals surface area contributed by atoms with E-state index in [-0.39, 0.29) is 4.90 Å². The molecule has 0 saturated carbocycles. The van der Waals surface area contributed by atoms with Crippen LogP contribution in [0, 0.1) is 5.82 Å². The minimum Gasteiger partial charge on any atom is -0.369 e. The van der Waals surface area contributed by atoms with Gasteiger partial charge in [0.25, 0.3) is 0 Å². The Bertz CT molecular complexity index is 774. The summed E-state index contributed by atoms with van der Waals surface area (Å²) in [7, 11) is -3.59. The van der Waals surface area contributed by atoms with Crippen LogP contribution in [0.3, 0.4) is 0 Å². The Morgan fingerprint density at radius 1 is 0.920 bits per heavy atom. The van der Waals surface area contributed by atoms with E-state index in [0.29, 0.717) is 13.1 Å². The number of piperazine rings is 1. The largest absolute Gasteiger partial charge is 0.369 e. The SMILES string of the molecule is O=S(=O)(NCCN1CCN(c2ccccc2)CC1)c1ccc(F)cc1. The molecular formula is C18H22FN3O2S. The Hall–Kier alpha value is -1.96. The number of benzene rings is 2. The van der Waals surface area contributed by atoms with Crippen molar-refractivity contribution in [1.82, 2.24) is 9.62 Å². The zero-order chi connectivity index (χ0) is 17.7. The monoisotopic (exact) mass is 363 g/mol. The number of rotatable bonds is 6. The molecule has 0 amide bonds. The number of nitrogens with one attached hydrogen (secondary N) is 1. The van der Waals surface area contributed by atoms with Crippen LogP contribution in [-0.4, -0.2) is 52.6 Å². The van der Waals surface area contributed by atoms with Gasteiger partial charge in [0.05, 0.1) is 4.90 Å². The van der Waals surface area contributed by atoms with Crippen molar-refractivity contribution in [2.75, 3.05) is 44.2 Å². The third-order valence-electron chi connectivity index (χ3n) is 4.34. The van der Waals surface area contributed by atoms with Crippen molar-refractivity contribution in [3.8, 4) is 0 Å². The summed E-state index contributed by atoms with van der Waals surface area (Å²) >= 11 is 0. The quantitative estimate of drug-likeness (QED) is 0.852. The van der Waals surface area contributed by atoms with Crippen LogP contribution in [0.4, 0.5) is 10.1 Å². The average Bonchev–Trinajstić information content (AvgIpc) is 2.63. The Balaban J connectivity index is 1.45. The first-order valence-electron chi connectivity index (χ1n) is 8.32. The van der Waals surface area contributed by atoms with E-state index in [0.717, 1.165) is 38.3 Å². The third-order valence-corrected chi connectivity index (χ3v) is 5.81. The van der Waals surface area contributed by atoms with Gasteiger partial charge in [0, 0.05) is 45.0 Å². The molecule has 0 aliphatic carbocycles. The average molecular weight is 363 g/mol. The molecule has 1 heterocycles. The Kier molecular flexibility index (Phi) is 5.67. The summed E-state index contributed by atoms with van der Waals surface area (Å²) < 4.78 is 39.8. The van der Waals surface area contributed by atoms with Crippen molar-refractivity contribution in [1.29, 1.82) is 0 Å². The molecule has 0 radical (unpaired) electrons. The van der Waals surface area contributed by atoms with Crippen molar-refractivity contribution in [3.05, 3.63) is 60.4 Å². The van der Waals surface area contributed by atoms with Crippen molar-refractivity contribution in [2.24, 2.45) is 0 Å². The number of anilines is 1. The van der Waals surface area contributed by atoms with Gasteiger partial charge in [-0.25, -0.2) is 17.5 Å². The zero-order valence-corrected chi connectivity index (χ0v) is 14.8. The molecule has 3 rings (SSSR count). The Morgan fingerprint density at radius 2 is 1.56 bits per heavy atom. The minimum atomic E-state index is -3.59. The lowest BCUT2D eigenvalue weighted by atomic mass is 10.2. The van der Waals surface area contributed by atoms with Gasteiger partial charge < -0.3 is 4.90 Å². The molecule has 1 fully saturated rings. The predicted molar refractivity (Wildman–Crippen MR) is 96.7 cm³/mol. The molecular weight excluding hydrogens is 341 g/mol. The molecule has 7 heteroatoms. The van der Waals surface area contributed by atoms with Gasteiger partial charge >= 0.3 is 0 Å². The van der Waals surface area contributed by atoms with Crippen molar-refractivity contribution < 1.29 is 12.8 Å². The van der Waals surface area contributed by atoms with Crippen LogP contribution in [0.15, 0.2) is 59.5 Å². The molecule has 0 unspecified atom stereocenters. The van der Waals surface area contributed by atoms with Crippen molar-refractivity contribution in [2.45, 2.75) is 4.90 Å². The smallest absolute Gasteiger partial charge is 0.240 e. The molecule has 2 aromatic carbocycles. The number of hydrogen-bond donors (Lipinski definition) is 1. The summed E-state index contributed by atoms with van der Waals surface area (Å²) in [6.07, 6.45) is 0. The normalized spacial score (nSPS) is 16.1. The van der Waals surface area contributed by atoms with E-state index in [1.54, 1.807) is 0 Å². The summed E-state index contributed by atoms with van der Waals surface area (Å²) in [6.45, 7) is 4.64. The summed E-state index contributed by atoms with van der Waals surface area (Å²) in [5.74, 6) is -0.449. The molecule has 25 heavy (non-hydrogen) atoms. The first-order valence-corrected chi connectivity index (χ1v) is 9.80. The first-order chi connectivity index (χ1) is 12.0. The van der Waals surface area contributed by atoms with Crippen molar-refractivity contribution >= 4 is 15.7 Å². The standard InChI is InChI=1S/C18H22FN3O2S/c19-16-6-8-18(9-7-16)25(23,24)20-10-11-21-12-14-22(15-13-21)17-4-2-1-3-5-17/h1-9,20H,10-15H2. The molecule has 0 bridgehead atoms. The van der Waals surface area contributed by atoms with Gasteiger partial charge in [-0.1, -0.05) is 18.2 Å². The highest BCUT2D eigenvalue weighted by molar-refractivity contribution is 7.89. The van der Waals surface area contributed by atoms with Crippen LogP contribution in [-0.2, 0) is 10.0 Å². The molecule has 0 spiro atoms. The van der Waals surface area contributed by atoms with E-state index >= 15 is 0 Å². The zero-order valence-electron chi connectivity index (χ0n) is 13.9. The number of nitrogens with zero attached hydrogens (tertiary/aromatic N) is 2. The fourth-order valence-electron chi connectivity index (χ4n) is 2.90. The predicted octanol–water partition coefficient (Wildman–Crippen LogP) is 1.93. The van der Waals surface area contributed by atoms with E-state index in [1.807, 2.05) is 18.2 Å². The van der Waals surface area contributed by atoms with Gasteiger partial charge in [0.1, 0.15) is 5.82 Å². The van der Waals surface area contributed by atoms with E-state index in [4.69, 9.17) is 0 Å². The first kappa shape index (κ1) is 17.8. The van der Waals surface area contributed by atoms with E-state index < -0.39 is 15.8 Å². The Labute approximate surface area is 148 Å². The molecule has 5 nitrogen and oxygen atoms in total. The van der Waals surface area contributed by atoms with Crippen molar-refractivity contribution in [3.63, 3.8) is 0 Å². The van der Waals surface area contributed by atoms with Gasteiger partial charge in [-0.3, -0.25) is 4.90 Å². The second-order valence-electron chi connectivity index (χ2n) is 6.02. The van der Waals surface area contributed by atoms with Crippen LogP contribution in [0.2, 0.25) is 0 Å². The van der Waals surface area contributed by atoms with E-state index in [1.165, 1.54) is 17.8 Å². The number of halogens is 1. The highest BCUT2D eigenvalue weighted by Crippen LogP contribution is 2.15. The number of hydrogen-bond acceptors (Lipinski definition) is 4. The molecule has 0 aromatic heterocycles. The highest BCUT2D eigenvalue weighted by atomic mass is 32.2. The molecule has 134 valence electrons. The van der Waals surface area contributed by atoms with Crippen LogP contribution in [0.5, 0.6) is 0 Å². The molecule has 1 saturated heterocycles. The van der Waals surface area contributed by atoms with Gasteiger partial charge in [-0.2, -0.15) is 0 Å². The van der Waals surface area contributed by atoms with E-state index in [9.17, 15) is 12.8 Å². The molecule has 1 N–H and O–H groups in total. The molecule has 1 aliphatic heterocycles. The molecule has 0 atom stereocenters. The summed E-state index contributed by atoms with van der Waals surface area (Å²) in [6, 6.07) is 15.1. The lowest BCUT2D eigenvalue weighted by Gasteiger charge is -2.36. The van der Waals surface area contributed by atoms with Gasteiger partial charge in [-0.15, -0.1) is 0 Å². The summed E-state index contributed by atoms with van der Waals surface area (Å²) in [5.41, 5.74) is 1.22. The van der Waals surface area contributed by atoms with Gasteiger partial charge in [0.15, 0.2) is 0 Å². The second kappa shape index (κ2) is 7.95. The fraction of sp³-hybridized carbons (Fsp3) is 0.333. The molecule has 2 aromatic rings. The Morgan fingerprint density at radius 3 is 2.20 bits per heavy atom. The van der Waals surface area contributed by atoms with E-state index in [2.05, 4.69) is 26.7 Å². The van der Waals surface area contributed by atoms with Crippen LogP contribution < -0.4 is 9.62 Å². The summed E-state index contributed by atoms with van der Waals surface area (Å²) in [4.78, 5) is 4.66. The molecule has 1 aliphatic rings. The fourth-order valence-corrected chi connectivity index (χ4v) is 3.92. The maximum Gasteiger partial charge on any atom is 0.240 e. The van der Waals surface area contributed by atoms with Crippen LogP contribution >= 0.6 is 0 Å². The van der Waals surface area contributed by atoms with Crippen LogP contribution in [0.25, 0.3) is 0 Å². The van der Waals surface area contributed by atoms with Crippen LogP contribution in [0.1, 0.15) is 0 Å². The maximum absolute atomic E-state index is 12.9. The lowest BCUT2D eigenvalue weighted by molar-refractivity contribution is 0.262. The lowest BCUT2D eigenvalue weighted by Crippen LogP contribution is -2.48. The highest BCUT2D eigenvalue weighted by Gasteiger charge is 2.18. The second-order valence-corrected chi connectivity index (χ2v) is 7.78. The topological polar surface area (TPSA) is 52.7 Å². The summed E-state index contributed by atoms with van der Waals surface area (Å²) in [5, 5.41) is 0. The minimum absolute atomic E-state index is 0.0859.